The summed E-state index contributed by atoms with van der Waals surface area (Å²) in [6, 6.07) is 60.6. The fraction of sp³-hybridized carbons (Fsp3) is 0. The van der Waals surface area contributed by atoms with Crippen molar-refractivity contribution < 1.29 is 4.42 Å². The first kappa shape index (κ1) is 28.4. The molecular weight excluding hydrogens is 641 g/mol. The second kappa shape index (κ2) is 11.0. The van der Waals surface area contributed by atoms with Crippen LogP contribution in [0.5, 0.6) is 0 Å². The molecule has 0 aliphatic carbocycles. The number of hydrogen-bond acceptors (Lipinski definition) is 3. The Hall–Kier alpha value is -6.49. The Morgan fingerprint density at radius 1 is 0.412 bits per heavy atom. The molecule has 0 saturated carbocycles. The maximum Gasteiger partial charge on any atom is 0.138 e. The topological polar surface area (TPSA) is 31.0 Å². The van der Waals surface area contributed by atoms with E-state index in [0.717, 1.165) is 55.8 Å². The summed E-state index contributed by atoms with van der Waals surface area (Å²) >= 11 is 1.84. The third kappa shape index (κ3) is 4.40. The molecule has 0 atom stereocenters. The van der Waals surface area contributed by atoms with Crippen LogP contribution >= 0.6 is 11.3 Å². The van der Waals surface area contributed by atoms with Crippen LogP contribution in [-0.4, -0.2) is 9.55 Å². The van der Waals surface area contributed by atoms with Crippen LogP contribution in [0.1, 0.15) is 0 Å². The molecule has 4 aromatic heterocycles. The van der Waals surface area contributed by atoms with Gasteiger partial charge in [0.15, 0.2) is 0 Å². The SMILES string of the molecule is c1ccc(-c2ccc(-c3cc(-c4ccc5oc6ccc7sc8ccccc8c7c6c5c4)cc(-n4c5ccccc5c5ccccc54)n3)cc2)cc1. The monoisotopic (exact) mass is 668 g/mol. The van der Waals surface area contributed by atoms with Crippen LogP contribution in [0.25, 0.3) is 103 Å². The van der Waals surface area contributed by atoms with Crippen LogP contribution in [-0.2, 0) is 0 Å². The van der Waals surface area contributed by atoms with Gasteiger partial charge in [-0.05, 0) is 76.9 Å². The fourth-order valence-electron chi connectivity index (χ4n) is 7.84. The van der Waals surface area contributed by atoms with E-state index >= 15 is 0 Å². The van der Waals surface area contributed by atoms with Crippen molar-refractivity contribution in [1.29, 1.82) is 0 Å². The summed E-state index contributed by atoms with van der Waals surface area (Å²) in [7, 11) is 0. The summed E-state index contributed by atoms with van der Waals surface area (Å²) in [5, 5.41) is 7.27. The van der Waals surface area contributed by atoms with Gasteiger partial charge in [0.1, 0.15) is 17.0 Å². The number of aromatic nitrogens is 2. The van der Waals surface area contributed by atoms with Crippen molar-refractivity contribution >= 4 is 75.3 Å². The lowest BCUT2D eigenvalue weighted by Crippen LogP contribution is -2.00. The molecule has 0 unspecified atom stereocenters. The normalized spacial score (nSPS) is 11.9. The van der Waals surface area contributed by atoms with Gasteiger partial charge in [-0.3, -0.25) is 4.57 Å². The van der Waals surface area contributed by atoms with E-state index in [1.54, 1.807) is 0 Å². The van der Waals surface area contributed by atoms with Gasteiger partial charge in [0, 0.05) is 47.3 Å². The first-order valence-corrected chi connectivity index (χ1v) is 18.0. The van der Waals surface area contributed by atoms with E-state index < -0.39 is 0 Å². The number of para-hydroxylation sites is 2. The number of nitrogens with zero attached hydrogens (tertiary/aromatic N) is 2. The highest BCUT2D eigenvalue weighted by Crippen LogP contribution is 2.43. The van der Waals surface area contributed by atoms with Crippen LogP contribution in [0.3, 0.4) is 0 Å². The third-order valence-corrected chi connectivity index (χ3v) is 11.4. The number of furan rings is 1. The van der Waals surface area contributed by atoms with Crippen molar-refractivity contribution in [3.05, 3.63) is 170 Å². The molecule has 238 valence electrons. The van der Waals surface area contributed by atoms with Gasteiger partial charge < -0.3 is 4.42 Å². The molecule has 11 rings (SSSR count). The standard InChI is InChI=1S/C47H28N2OS/c1-2-10-29(11-3-1)30-18-20-31(21-19-30)38-27-33(28-45(48-38)49-39-15-7-4-12-34(39)35-13-5-8-16-40(35)49)32-22-23-41-37(26-32)46-42(50-41)24-25-44-47(46)36-14-6-9-17-43(36)51-44/h1-28H. The molecule has 3 nitrogen and oxygen atoms in total. The van der Waals surface area contributed by atoms with E-state index in [0.29, 0.717) is 0 Å². The van der Waals surface area contributed by atoms with Crippen molar-refractivity contribution in [1.82, 2.24) is 9.55 Å². The maximum atomic E-state index is 6.48. The second-order valence-electron chi connectivity index (χ2n) is 13.1. The second-order valence-corrected chi connectivity index (χ2v) is 14.2. The van der Waals surface area contributed by atoms with Gasteiger partial charge in [-0.2, -0.15) is 0 Å². The van der Waals surface area contributed by atoms with Gasteiger partial charge in [0.25, 0.3) is 0 Å². The smallest absolute Gasteiger partial charge is 0.138 e. The molecule has 0 spiro atoms. The van der Waals surface area contributed by atoms with Crippen molar-refractivity contribution in [2.24, 2.45) is 0 Å². The molecule has 0 amide bonds. The van der Waals surface area contributed by atoms with Crippen LogP contribution in [0, 0.1) is 0 Å². The van der Waals surface area contributed by atoms with Gasteiger partial charge in [-0.15, -0.1) is 11.3 Å². The van der Waals surface area contributed by atoms with Crippen LogP contribution < -0.4 is 0 Å². The number of hydrogen-bond donors (Lipinski definition) is 0. The highest BCUT2D eigenvalue weighted by molar-refractivity contribution is 7.26. The Balaban J connectivity index is 1.16. The van der Waals surface area contributed by atoms with Crippen molar-refractivity contribution in [3.8, 4) is 39.3 Å². The lowest BCUT2D eigenvalue weighted by molar-refractivity contribution is 0.669. The molecule has 0 saturated heterocycles. The minimum Gasteiger partial charge on any atom is -0.456 e. The summed E-state index contributed by atoms with van der Waals surface area (Å²) in [5.41, 5.74) is 10.7. The third-order valence-electron chi connectivity index (χ3n) is 10.2. The van der Waals surface area contributed by atoms with Gasteiger partial charge in [0.05, 0.1) is 16.7 Å². The first-order valence-electron chi connectivity index (χ1n) is 17.2. The van der Waals surface area contributed by atoms with Gasteiger partial charge >= 0.3 is 0 Å². The molecule has 0 bridgehead atoms. The Morgan fingerprint density at radius 2 is 1.04 bits per heavy atom. The van der Waals surface area contributed by atoms with Crippen molar-refractivity contribution in [2.45, 2.75) is 0 Å². The highest BCUT2D eigenvalue weighted by atomic mass is 32.1. The number of thiophene rings is 1. The fourth-order valence-corrected chi connectivity index (χ4v) is 8.95. The number of benzene rings is 7. The van der Waals surface area contributed by atoms with Crippen molar-refractivity contribution in [3.63, 3.8) is 0 Å². The van der Waals surface area contributed by atoms with E-state index in [-0.39, 0.29) is 0 Å². The summed E-state index contributed by atoms with van der Waals surface area (Å²) < 4.78 is 11.3. The predicted octanol–water partition coefficient (Wildman–Crippen LogP) is 13.4. The van der Waals surface area contributed by atoms with Gasteiger partial charge in [-0.25, -0.2) is 4.98 Å². The van der Waals surface area contributed by atoms with E-state index in [9.17, 15) is 0 Å². The molecule has 51 heavy (non-hydrogen) atoms. The zero-order valence-electron chi connectivity index (χ0n) is 27.4. The molecule has 0 N–H and O–H groups in total. The zero-order chi connectivity index (χ0) is 33.5. The molecule has 0 aliphatic heterocycles. The van der Waals surface area contributed by atoms with E-state index in [2.05, 4.69) is 174 Å². The first-order chi connectivity index (χ1) is 25.3. The predicted molar refractivity (Wildman–Crippen MR) is 215 cm³/mol. The average molecular weight is 669 g/mol. The Labute approximate surface area is 297 Å². The van der Waals surface area contributed by atoms with Gasteiger partial charge in [0.2, 0.25) is 0 Å². The highest BCUT2D eigenvalue weighted by Gasteiger charge is 2.18. The molecule has 4 heterocycles. The molecule has 0 radical (unpaired) electrons. The summed E-state index contributed by atoms with van der Waals surface area (Å²) in [6.45, 7) is 0. The van der Waals surface area contributed by atoms with Crippen molar-refractivity contribution in [2.75, 3.05) is 0 Å². The largest absolute Gasteiger partial charge is 0.456 e. The molecule has 0 aliphatic rings. The number of rotatable bonds is 4. The Bertz CT molecular complexity index is 3080. The van der Waals surface area contributed by atoms with Gasteiger partial charge in [-0.1, -0.05) is 115 Å². The lowest BCUT2D eigenvalue weighted by Gasteiger charge is -2.13. The Morgan fingerprint density at radius 3 is 1.82 bits per heavy atom. The lowest BCUT2D eigenvalue weighted by atomic mass is 9.98. The van der Waals surface area contributed by atoms with E-state index in [1.807, 2.05) is 11.3 Å². The molecular formula is C47H28N2OS. The molecule has 7 aromatic carbocycles. The minimum atomic E-state index is 0.885. The quantitative estimate of drug-likeness (QED) is 0.187. The maximum absolute atomic E-state index is 6.48. The van der Waals surface area contributed by atoms with E-state index in [1.165, 1.54) is 47.5 Å². The van der Waals surface area contributed by atoms with Crippen LogP contribution in [0.2, 0.25) is 0 Å². The average Bonchev–Trinajstić information content (AvgIpc) is 3.87. The van der Waals surface area contributed by atoms with Crippen LogP contribution in [0.4, 0.5) is 0 Å². The Kier molecular flexibility index (Phi) is 6.12. The summed E-state index contributed by atoms with van der Waals surface area (Å²) in [4.78, 5) is 5.39. The van der Waals surface area contributed by atoms with Crippen LogP contribution in [0.15, 0.2) is 174 Å². The number of pyridine rings is 1. The molecule has 4 heteroatoms. The minimum absolute atomic E-state index is 0.885. The molecule has 11 aromatic rings. The summed E-state index contributed by atoms with van der Waals surface area (Å²) in [6.07, 6.45) is 0. The summed E-state index contributed by atoms with van der Waals surface area (Å²) in [5.74, 6) is 0.885. The number of fused-ring (bicyclic) bond motifs is 10. The van der Waals surface area contributed by atoms with E-state index in [4.69, 9.17) is 9.40 Å². The molecule has 0 fully saturated rings. The zero-order valence-corrected chi connectivity index (χ0v) is 28.2.